The minimum atomic E-state index is 0.894. The van der Waals surface area contributed by atoms with Crippen LogP contribution in [-0.2, 0) is 0 Å². The summed E-state index contributed by atoms with van der Waals surface area (Å²) in [6.45, 7) is 0. The SMILES string of the molecule is c1ccc(-c2ccc(-c3ccc(N(c4ccc5c(c4)sc4c(-c6ccccc6)cccc45)c4cccc5c4ccc4ccccc45)cc3)c3c2oc2ccccc23)cc1. The molecule has 0 amide bonds. The van der Waals surface area contributed by atoms with Crippen molar-refractivity contribution in [2.24, 2.45) is 0 Å². The second-order valence-corrected chi connectivity index (χ2v) is 16.3. The van der Waals surface area contributed by atoms with Crippen molar-refractivity contribution in [3.63, 3.8) is 0 Å². The summed E-state index contributed by atoms with van der Waals surface area (Å²) in [6, 6.07) is 76.8. The highest BCUT2D eigenvalue weighted by molar-refractivity contribution is 7.26. The van der Waals surface area contributed by atoms with Crippen molar-refractivity contribution in [1.82, 2.24) is 0 Å². The Hall–Kier alpha value is -7.46. The molecule has 0 saturated heterocycles. The third-order valence-corrected chi connectivity index (χ3v) is 13.1. The highest BCUT2D eigenvalue weighted by atomic mass is 32.1. The number of para-hydroxylation sites is 1. The first-order chi connectivity index (χ1) is 29.3. The normalized spacial score (nSPS) is 11.7. The van der Waals surface area contributed by atoms with Crippen LogP contribution in [0.5, 0.6) is 0 Å². The van der Waals surface area contributed by atoms with Gasteiger partial charge in [-0.05, 0) is 86.4 Å². The molecule has 12 rings (SSSR count). The fourth-order valence-corrected chi connectivity index (χ4v) is 10.4. The predicted molar refractivity (Wildman–Crippen MR) is 253 cm³/mol. The number of anilines is 3. The van der Waals surface area contributed by atoms with Crippen LogP contribution >= 0.6 is 11.3 Å². The van der Waals surface area contributed by atoms with Crippen LogP contribution in [0.1, 0.15) is 0 Å². The zero-order valence-electron chi connectivity index (χ0n) is 32.0. The average Bonchev–Trinajstić information content (AvgIpc) is 3.89. The van der Waals surface area contributed by atoms with E-state index in [0.29, 0.717) is 0 Å². The fraction of sp³-hybridized carbons (Fsp3) is 0. The highest BCUT2D eigenvalue weighted by Gasteiger charge is 2.21. The molecular weight excluding hydrogens is 735 g/mol. The van der Waals surface area contributed by atoms with Gasteiger partial charge >= 0.3 is 0 Å². The summed E-state index contributed by atoms with van der Waals surface area (Å²) in [5.41, 5.74) is 12.2. The summed E-state index contributed by atoms with van der Waals surface area (Å²) < 4.78 is 9.21. The van der Waals surface area contributed by atoms with Gasteiger partial charge in [-0.15, -0.1) is 11.3 Å². The van der Waals surface area contributed by atoms with Crippen molar-refractivity contribution < 1.29 is 4.42 Å². The molecule has 0 saturated carbocycles. The van der Waals surface area contributed by atoms with Crippen LogP contribution in [0, 0.1) is 0 Å². The molecule has 12 aromatic rings. The van der Waals surface area contributed by atoms with E-state index < -0.39 is 0 Å². The topological polar surface area (TPSA) is 16.4 Å². The van der Waals surface area contributed by atoms with Gasteiger partial charge in [0.15, 0.2) is 0 Å². The molecule has 2 nitrogen and oxygen atoms in total. The predicted octanol–water partition coefficient (Wildman–Crippen LogP) is 16.7. The van der Waals surface area contributed by atoms with E-state index in [1.807, 2.05) is 17.4 Å². The van der Waals surface area contributed by atoms with Gasteiger partial charge in [0.1, 0.15) is 11.2 Å². The maximum atomic E-state index is 6.63. The zero-order chi connectivity index (χ0) is 38.9. The van der Waals surface area contributed by atoms with Gasteiger partial charge < -0.3 is 9.32 Å². The quantitative estimate of drug-likeness (QED) is 0.157. The largest absolute Gasteiger partial charge is 0.455 e. The summed E-state index contributed by atoms with van der Waals surface area (Å²) in [7, 11) is 0. The maximum Gasteiger partial charge on any atom is 0.143 e. The zero-order valence-corrected chi connectivity index (χ0v) is 32.8. The number of benzene rings is 10. The smallest absolute Gasteiger partial charge is 0.143 e. The van der Waals surface area contributed by atoms with E-state index in [9.17, 15) is 0 Å². The molecule has 0 aliphatic heterocycles. The van der Waals surface area contributed by atoms with E-state index >= 15 is 0 Å². The molecule has 3 heteroatoms. The Morgan fingerprint density at radius 2 is 1.00 bits per heavy atom. The molecule has 0 bridgehead atoms. The summed E-state index contributed by atoms with van der Waals surface area (Å²) in [5, 5.41) is 9.78. The number of hydrogen-bond donors (Lipinski definition) is 0. The van der Waals surface area contributed by atoms with E-state index in [2.05, 4.69) is 211 Å². The number of furan rings is 1. The highest BCUT2D eigenvalue weighted by Crippen LogP contribution is 2.47. The van der Waals surface area contributed by atoms with E-state index in [4.69, 9.17) is 4.42 Å². The van der Waals surface area contributed by atoms with Crippen LogP contribution < -0.4 is 4.90 Å². The van der Waals surface area contributed by atoms with E-state index in [1.165, 1.54) is 52.8 Å². The molecule has 2 aromatic heterocycles. The average molecular weight is 770 g/mol. The molecule has 0 radical (unpaired) electrons. The lowest BCUT2D eigenvalue weighted by molar-refractivity contribution is 0.670. The lowest BCUT2D eigenvalue weighted by Crippen LogP contribution is -2.10. The first kappa shape index (κ1) is 33.7. The Labute approximate surface area is 345 Å². The molecule has 0 spiro atoms. The molecule has 10 aromatic carbocycles. The molecule has 0 aliphatic rings. The molecule has 276 valence electrons. The van der Waals surface area contributed by atoms with Crippen molar-refractivity contribution in [1.29, 1.82) is 0 Å². The molecule has 0 unspecified atom stereocenters. The van der Waals surface area contributed by atoms with Gasteiger partial charge in [0, 0.05) is 53.3 Å². The molecule has 0 fully saturated rings. The van der Waals surface area contributed by atoms with Gasteiger partial charge in [0.25, 0.3) is 0 Å². The van der Waals surface area contributed by atoms with E-state index in [0.717, 1.165) is 61.3 Å². The Morgan fingerprint density at radius 3 is 1.83 bits per heavy atom. The Balaban J connectivity index is 1.05. The van der Waals surface area contributed by atoms with Crippen LogP contribution in [-0.4, -0.2) is 0 Å². The fourth-order valence-electron chi connectivity index (χ4n) is 9.12. The molecule has 59 heavy (non-hydrogen) atoms. The van der Waals surface area contributed by atoms with Gasteiger partial charge in [-0.1, -0.05) is 170 Å². The summed E-state index contributed by atoms with van der Waals surface area (Å²) in [5.74, 6) is 0. The standard InChI is InChI=1S/C56H35NOS/c1-3-13-36(14-4-1)44-34-33-43(54-50-19-9-10-24-52(50)58-55(44)54)39-25-28-40(29-26-39)57(51-23-12-21-46-42-18-8-7-17-38(42)27-31-47(46)51)41-30-32-48-49-22-11-20-45(37-15-5-2-6-16-37)56(49)59-53(48)35-41/h1-35H. The molecule has 0 aliphatic carbocycles. The Kier molecular flexibility index (Phi) is 7.75. The molecule has 0 N–H and O–H groups in total. The number of nitrogens with zero attached hydrogens (tertiary/aromatic N) is 1. The van der Waals surface area contributed by atoms with E-state index in [-0.39, 0.29) is 0 Å². The van der Waals surface area contributed by atoms with Gasteiger partial charge in [0.2, 0.25) is 0 Å². The van der Waals surface area contributed by atoms with Crippen LogP contribution in [0.3, 0.4) is 0 Å². The van der Waals surface area contributed by atoms with Crippen molar-refractivity contribution in [3.05, 3.63) is 212 Å². The number of fused-ring (bicyclic) bond motifs is 9. The van der Waals surface area contributed by atoms with Gasteiger partial charge in [-0.2, -0.15) is 0 Å². The minimum Gasteiger partial charge on any atom is -0.455 e. The number of rotatable bonds is 6. The second-order valence-electron chi connectivity index (χ2n) is 15.2. The third-order valence-electron chi connectivity index (χ3n) is 11.9. The van der Waals surface area contributed by atoms with Crippen LogP contribution in [0.25, 0.3) is 97.0 Å². The molecular formula is C56H35NOS. The van der Waals surface area contributed by atoms with Crippen LogP contribution in [0.4, 0.5) is 17.1 Å². The monoisotopic (exact) mass is 769 g/mol. The van der Waals surface area contributed by atoms with Crippen LogP contribution in [0.2, 0.25) is 0 Å². The molecule has 0 atom stereocenters. The van der Waals surface area contributed by atoms with Crippen molar-refractivity contribution >= 4 is 92.1 Å². The Bertz CT molecular complexity index is 3550. The van der Waals surface area contributed by atoms with Gasteiger partial charge in [-0.3, -0.25) is 0 Å². The third kappa shape index (κ3) is 5.47. The second kappa shape index (κ2) is 13.6. The minimum absolute atomic E-state index is 0.894. The summed E-state index contributed by atoms with van der Waals surface area (Å²) in [6.07, 6.45) is 0. The van der Waals surface area contributed by atoms with Crippen LogP contribution in [0.15, 0.2) is 217 Å². The summed E-state index contributed by atoms with van der Waals surface area (Å²) >= 11 is 1.88. The lowest BCUT2D eigenvalue weighted by Gasteiger charge is -2.27. The van der Waals surface area contributed by atoms with Crippen molar-refractivity contribution in [3.8, 4) is 33.4 Å². The van der Waals surface area contributed by atoms with Gasteiger partial charge in [0.05, 0.1) is 5.69 Å². The van der Waals surface area contributed by atoms with Crippen molar-refractivity contribution in [2.75, 3.05) is 4.90 Å². The first-order valence-corrected chi connectivity index (χ1v) is 20.9. The van der Waals surface area contributed by atoms with Gasteiger partial charge in [-0.25, -0.2) is 0 Å². The van der Waals surface area contributed by atoms with Crippen molar-refractivity contribution in [2.45, 2.75) is 0 Å². The lowest BCUT2D eigenvalue weighted by atomic mass is 9.94. The Morgan fingerprint density at radius 1 is 0.373 bits per heavy atom. The maximum absolute atomic E-state index is 6.63. The molecule has 2 heterocycles. The number of hydrogen-bond acceptors (Lipinski definition) is 3. The summed E-state index contributed by atoms with van der Waals surface area (Å²) in [4.78, 5) is 2.43. The first-order valence-electron chi connectivity index (χ1n) is 20.1. The van der Waals surface area contributed by atoms with E-state index in [1.54, 1.807) is 0 Å². The number of thiophene rings is 1.